The third kappa shape index (κ3) is 2.89. The number of hydrogen-bond acceptors (Lipinski definition) is 1. The standard InChI is InChI=1S/C16H29NS/c1-11(2)13-6-5-7-15-14(10-13)8-9-16(18)17(15)12(3)4/h11-15H,5-10H2,1-4H3. The average Bonchev–Trinajstić information content (AvgIpc) is 2.50. The van der Waals surface area contributed by atoms with Crippen molar-refractivity contribution in [1.82, 2.24) is 4.90 Å². The molecule has 0 spiro atoms. The van der Waals surface area contributed by atoms with Gasteiger partial charge >= 0.3 is 0 Å². The van der Waals surface area contributed by atoms with Crippen molar-refractivity contribution >= 4 is 17.2 Å². The Morgan fingerprint density at radius 1 is 1.11 bits per heavy atom. The third-order valence-electron chi connectivity index (χ3n) is 5.10. The van der Waals surface area contributed by atoms with Gasteiger partial charge in [-0.05, 0) is 57.3 Å². The quantitative estimate of drug-likeness (QED) is 0.670. The van der Waals surface area contributed by atoms with Gasteiger partial charge in [0.25, 0.3) is 0 Å². The summed E-state index contributed by atoms with van der Waals surface area (Å²) in [6, 6.07) is 1.33. The predicted molar refractivity (Wildman–Crippen MR) is 82.9 cm³/mol. The highest BCUT2D eigenvalue weighted by atomic mass is 32.1. The lowest BCUT2D eigenvalue weighted by atomic mass is 9.79. The van der Waals surface area contributed by atoms with Gasteiger partial charge < -0.3 is 4.90 Å². The molecule has 1 heterocycles. The lowest BCUT2D eigenvalue weighted by Crippen LogP contribution is -2.51. The number of nitrogens with zero attached hydrogens (tertiary/aromatic N) is 1. The fourth-order valence-corrected chi connectivity index (χ4v) is 4.53. The zero-order valence-electron chi connectivity index (χ0n) is 12.5. The largest absolute Gasteiger partial charge is 0.360 e. The van der Waals surface area contributed by atoms with E-state index in [0.29, 0.717) is 6.04 Å². The summed E-state index contributed by atoms with van der Waals surface area (Å²) in [4.78, 5) is 3.81. The molecule has 0 amide bonds. The van der Waals surface area contributed by atoms with Crippen LogP contribution in [-0.2, 0) is 0 Å². The van der Waals surface area contributed by atoms with Gasteiger partial charge in [0.1, 0.15) is 0 Å². The number of thiocarbonyl (C=S) groups is 1. The minimum Gasteiger partial charge on any atom is -0.360 e. The molecule has 0 aromatic heterocycles. The second-order valence-electron chi connectivity index (χ2n) is 6.93. The zero-order valence-corrected chi connectivity index (χ0v) is 13.3. The molecule has 0 radical (unpaired) electrons. The van der Waals surface area contributed by atoms with Crippen molar-refractivity contribution in [2.45, 2.75) is 78.3 Å². The number of hydrogen-bond donors (Lipinski definition) is 0. The monoisotopic (exact) mass is 267 g/mol. The van der Waals surface area contributed by atoms with E-state index in [1.807, 2.05) is 0 Å². The summed E-state index contributed by atoms with van der Waals surface area (Å²) < 4.78 is 0. The summed E-state index contributed by atoms with van der Waals surface area (Å²) in [5.74, 6) is 2.69. The van der Waals surface area contributed by atoms with Gasteiger partial charge in [-0.2, -0.15) is 0 Å². The molecule has 1 nitrogen and oxygen atoms in total. The molecular formula is C16H29NS. The van der Waals surface area contributed by atoms with Gasteiger partial charge in [-0.15, -0.1) is 0 Å². The third-order valence-corrected chi connectivity index (χ3v) is 5.51. The molecular weight excluding hydrogens is 238 g/mol. The van der Waals surface area contributed by atoms with E-state index in [9.17, 15) is 0 Å². The highest BCUT2D eigenvalue weighted by Crippen LogP contribution is 2.40. The van der Waals surface area contributed by atoms with Crippen LogP contribution in [0.25, 0.3) is 0 Å². The second kappa shape index (κ2) is 5.90. The maximum absolute atomic E-state index is 5.62. The van der Waals surface area contributed by atoms with Crippen molar-refractivity contribution in [1.29, 1.82) is 0 Å². The summed E-state index contributed by atoms with van der Waals surface area (Å²) in [6.07, 6.45) is 8.13. The molecule has 1 saturated heterocycles. The topological polar surface area (TPSA) is 3.24 Å². The highest BCUT2D eigenvalue weighted by molar-refractivity contribution is 7.80. The van der Waals surface area contributed by atoms with Crippen LogP contribution >= 0.6 is 12.2 Å². The molecule has 1 aliphatic heterocycles. The summed E-state index contributed by atoms with van der Waals surface area (Å²) in [7, 11) is 0. The van der Waals surface area contributed by atoms with Crippen molar-refractivity contribution < 1.29 is 0 Å². The van der Waals surface area contributed by atoms with Crippen molar-refractivity contribution in [2.24, 2.45) is 17.8 Å². The first-order valence-corrected chi connectivity index (χ1v) is 8.22. The van der Waals surface area contributed by atoms with Crippen LogP contribution in [0.4, 0.5) is 0 Å². The van der Waals surface area contributed by atoms with Crippen LogP contribution in [0.1, 0.15) is 66.2 Å². The molecule has 2 rings (SSSR count). The van der Waals surface area contributed by atoms with E-state index in [0.717, 1.165) is 30.2 Å². The minimum absolute atomic E-state index is 0.584. The van der Waals surface area contributed by atoms with E-state index < -0.39 is 0 Å². The Kier molecular flexibility index (Phi) is 4.69. The first-order valence-electron chi connectivity index (χ1n) is 7.81. The molecule has 3 unspecified atom stereocenters. The molecule has 18 heavy (non-hydrogen) atoms. The van der Waals surface area contributed by atoms with E-state index in [-0.39, 0.29) is 0 Å². The van der Waals surface area contributed by atoms with Gasteiger partial charge in [-0.1, -0.05) is 38.9 Å². The Hall–Kier alpha value is -0.110. The first kappa shape index (κ1) is 14.3. The van der Waals surface area contributed by atoms with E-state index in [1.165, 1.54) is 37.1 Å². The van der Waals surface area contributed by atoms with E-state index in [4.69, 9.17) is 12.2 Å². The molecule has 2 heteroatoms. The van der Waals surface area contributed by atoms with Crippen molar-refractivity contribution in [3.05, 3.63) is 0 Å². The SMILES string of the molecule is CC(C)C1CCCC2C(CCC(=S)N2C(C)C)C1. The van der Waals surface area contributed by atoms with Crippen molar-refractivity contribution in [3.63, 3.8) is 0 Å². The smallest absolute Gasteiger partial charge is 0.0784 e. The van der Waals surface area contributed by atoms with Gasteiger partial charge in [0, 0.05) is 12.1 Å². The molecule has 1 saturated carbocycles. The van der Waals surface area contributed by atoms with Crippen LogP contribution in [0, 0.1) is 17.8 Å². The number of piperidine rings is 1. The number of fused-ring (bicyclic) bond motifs is 1. The Morgan fingerprint density at radius 2 is 1.83 bits per heavy atom. The van der Waals surface area contributed by atoms with Crippen molar-refractivity contribution in [2.75, 3.05) is 0 Å². The van der Waals surface area contributed by atoms with E-state index in [2.05, 4.69) is 32.6 Å². The maximum Gasteiger partial charge on any atom is 0.0784 e. The summed E-state index contributed by atoms with van der Waals surface area (Å²) in [5, 5.41) is 0. The molecule has 0 N–H and O–H groups in total. The fourth-order valence-electron chi connectivity index (χ4n) is 4.06. The number of rotatable bonds is 2. The van der Waals surface area contributed by atoms with Crippen LogP contribution in [0.5, 0.6) is 0 Å². The highest BCUT2D eigenvalue weighted by Gasteiger charge is 2.37. The van der Waals surface area contributed by atoms with Gasteiger partial charge in [0.15, 0.2) is 0 Å². The van der Waals surface area contributed by atoms with Gasteiger partial charge in [0.05, 0.1) is 4.99 Å². The van der Waals surface area contributed by atoms with E-state index in [1.54, 1.807) is 0 Å². The Labute approximate surface area is 118 Å². The Balaban J connectivity index is 2.13. The van der Waals surface area contributed by atoms with Crippen LogP contribution in [0.2, 0.25) is 0 Å². The maximum atomic E-state index is 5.62. The fraction of sp³-hybridized carbons (Fsp3) is 0.938. The first-order chi connectivity index (χ1) is 8.50. The minimum atomic E-state index is 0.584. The zero-order chi connectivity index (χ0) is 13.3. The van der Waals surface area contributed by atoms with Gasteiger partial charge in [-0.3, -0.25) is 0 Å². The van der Waals surface area contributed by atoms with Crippen LogP contribution in [0.3, 0.4) is 0 Å². The number of likely N-dealkylation sites (tertiary alicyclic amines) is 1. The van der Waals surface area contributed by atoms with Gasteiger partial charge in [-0.25, -0.2) is 0 Å². The summed E-state index contributed by atoms with van der Waals surface area (Å²) >= 11 is 5.62. The molecule has 0 aromatic rings. The summed E-state index contributed by atoms with van der Waals surface area (Å²) in [6.45, 7) is 9.41. The van der Waals surface area contributed by atoms with E-state index >= 15 is 0 Å². The molecule has 2 fully saturated rings. The normalized spacial score (nSPS) is 33.8. The Bertz CT molecular complexity index is 297. The second-order valence-corrected chi connectivity index (χ2v) is 7.40. The molecule has 0 aromatic carbocycles. The molecule has 3 atom stereocenters. The molecule has 104 valence electrons. The molecule has 1 aliphatic carbocycles. The van der Waals surface area contributed by atoms with Crippen LogP contribution in [-0.4, -0.2) is 22.0 Å². The van der Waals surface area contributed by atoms with Crippen LogP contribution in [0.15, 0.2) is 0 Å². The van der Waals surface area contributed by atoms with Crippen molar-refractivity contribution in [3.8, 4) is 0 Å². The lowest BCUT2D eigenvalue weighted by Gasteiger charge is -2.45. The molecule has 0 bridgehead atoms. The lowest BCUT2D eigenvalue weighted by molar-refractivity contribution is 0.142. The average molecular weight is 267 g/mol. The van der Waals surface area contributed by atoms with Gasteiger partial charge in [0.2, 0.25) is 0 Å². The Morgan fingerprint density at radius 3 is 2.44 bits per heavy atom. The molecule has 2 aliphatic rings. The predicted octanol–water partition coefficient (Wildman–Crippen LogP) is 4.65. The van der Waals surface area contributed by atoms with Crippen LogP contribution < -0.4 is 0 Å². The summed E-state index contributed by atoms with van der Waals surface area (Å²) in [5.41, 5.74) is 0.